The average Bonchev–Trinajstić information content (AvgIpc) is 2.76. The summed E-state index contributed by atoms with van der Waals surface area (Å²) in [6.07, 6.45) is 2.79. The molecule has 24 heavy (non-hydrogen) atoms. The summed E-state index contributed by atoms with van der Waals surface area (Å²) in [4.78, 5) is 23.6. The third-order valence-electron chi connectivity index (χ3n) is 4.23. The third-order valence-corrected chi connectivity index (χ3v) is 4.23. The van der Waals surface area contributed by atoms with Gasteiger partial charge in [-0.25, -0.2) is 8.78 Å². The van der Waals surface area contributed by atoms with Crippen LogP contribution < -0.4 is 10.1 Å². The van der Waals surface area contributed by atoms with E-state index >= 15 is 0 Å². The highest BCUT2D eigenvalue weighted by atomic mass is 19.2. The minimum Gasteiger partial charge on any atom is -0.481 e. The summed E-state index contributed by atoms with van der Waals surface area (Å²) in [5, 5.41) is 12.0. The third kappa shape index (κ3) is 4.66. The number of carbonyl (C=O) groups is 2. The van der Waals surface area contributed by atoms with Crippen molar-refractivity contribution < 1.29 is 28.2 Å². The van der Waals surface area contributed by atoms with Crippen LogP contribution in [0.1, 0.15) is 39.0 Å². The van der Waals surface area contributed by atoms with E-state index in [1.807, 2.05) is 0 Å². The fourth-order valence-corrected chi connectivity index (χ4v) is 2.88. The van der Waals surface area contributed by atoms with Gasteiger partial charge in [-0.3, -0.25) is 9.59 Å². The molecule has 1 amide bonds. The molecule has 1 aromatic carbocycles. The number of nitrogens with one attached hydrogen (secondary N) is 1. The number of carbonyl (C=O) groups excluding carboxylic acids is 1. The molecule has 0 bridgehead atoms. The van der Waals surface area contributed by atoms with Gasteiger partial charge >= 0.3 is 5.97 Å². The Bertz CT molecular complexity index is 608. The van der Waals surface area contributed by atoms with Crippen LogP contribution >= 0.6 is 0 Å². The molecule has 0 aromatic heterocycles. The van der Waals surface area contributed by atoms with E-state index < -0.39 is 41.6 Å². The first-order chi connectivity index (χ1) is 11.4. The molecule has 132 valence electrons. The molecule has 7 heteroatoms. The lowest BCUT2D eigenvalue weighted by atomic mass is 9.94. The summed E-state index contributed by atoms with van der Waals surface area (Å²) in [6, 6.07) is 2.56. The van der Waals surface area contributed by atoms with Crippen molar-refractivity contribution in [3.05, 3.63) is 29.8 Å². The summed E-state index contributed by atoms with van der Waals surface area (Å²) in [5.74, 6) is -4.04. The van der Waals surface area contributed by atoms with Crippen molar-refractivity contribution in [2.24, 2.45) is 5.92 Å². The van der Waals surface area contributed by atoms with Crippen molar-refractivity contribution in [1.29, 1.82) is 0 Å². The summed E-state index contributed by atoms with van der Waals surface area (Å²) in [6.45, 7) is 1.48. The van der Waals surface area contributed by atoms with Crippen LogP contribution in [-0.2, 0) is 9.59 Å². The Labute approximate surface area is 139 Å². The number of benzene rings is 1. The maximum Gasteiger partial charge on any atom is 0.308 e. The summed E-state index contributed by atoms with van der Waals surface area (Å²) in [7, 11) is 0. The molecule has 5 nitrogen and oxygen atoms in total. The van der Waals surface area contributed by atoms with E-state index in [1.165, 1.54) is 13.0 Å². The Balaban J connectivity index is 1.98. The molecule has 0 heterocycles. The number of carboxylic acid groups (broad SMARTS) is 1. The fraction of sp³-hybridized carbons (Fsp3) is 0.529. The number of amides is 1. The zero-order chi connectivity index (χ0) is 17.7. The maximum atomic E-state index is 13.2. The predicted octanol–water partition coefficient (Wildman–Crippen LogP) is 2.88. The van der Waals surface area contributed by atoms with Gasteiger partial charge in [-0.05, 0) is 31.9 Å². The average molecular weight is 341 g/mol. The zero-order valence-corrected chi connectivity index (χ0v) is 13.4. The summed E-state index contributed by atoms with van der Waals surface area (Å²) < 4.78 is 31.4. The van der Waals surface area contributed by atoms with Crippen LogP contribution in [0, 0.1) is 17.6 Å². The van der Waals surface area contributed by atoms with Gasteiger partial charge in [0.15, 0.2) is 17.7 Å². The Morgan fingerprint density at radius 1 is 1.21 bits per heavy atom. The van der Waals surface area contributed by atoms with Crippen LogP contribution in [0.5, 0.6) is 5.75 Å². The van der Waals surface area contributed by atoms with Crippen molar-refractivity contribution in [3.8, 4) is 5.75 Å². The molecule has 0 radical (unpaired) electrons. The zero-order valence-electron chi connectivity index (χ0n) is 13.4. The van der Waals surface area contributed by atoms with Crippen molar-refractivity contribution in [2.45, 2.75) is 51.2 Å². The highest BCUT2D eigenvalue weighted by Gasteiger charge is 2.31. The van der Waals surface area contributed by atoms with Gasteiger partial charge in [-0.1, -0.05) is 19.3 Å². The van der Waals surface area contributed by atoms with Crippen LogP contribution in [0.15, 0.2) is 18.2 Å². The number of hydrogen-bond acceptors (Lipinski definition) is 3. The van der Waals surface area contributed by atoms with Gasteiger partial charge in [0, 0.05) is 12.1 Å². The second-order valence-electron chi connectivity index (χ2n) is 6.03. The van der Waals surface area contributed by atoms with Gasteiger partial charge in [0.25, 0.3) is 5.91 Å². The smallest absolute Gasteiger partial charge is 0.308 e. The molecular formula is C17H21F2NO4. The number of ether oxygens (including phenoxy) is 1. The van der Waals surface area contributed by atoms with Gasteiger partial charge in [0.2, 0.25) is 0 Å². The summed E-state index contributed by atoms with van der Waals surface area (Å²) >= 11 is 0. The Morgan fingerprint density at radius 2 is 1.92 bits per heavy atom. The van der Waals surface area contributed by atoms with Gasteiger partial charge < -0.3 is 15.2 Å². The first-order valence-corrected chi connectivity index (χ1v) is 8.03. The Morgan fingerprint density at radius 3 is 2.58 bits per heavy atom. The lowest BCUT2D eigenvalue weighted by molar-refractivity contribution is -0.143. The topological polar surface area (TPSA) is 75.6 Å². The minimum absolute atomic E-state index is 0.0344. The lowest BCUT2D eigenvalue weighted by Crippen LogP contribution is -2.47. The van der Waals surface area contributed by atoms with Crippen LogP contribution in [0.4, 0.5) is 8.78 Å². The first-order valence-electron chi connectivity index (χ1n) is 8.03. The van der Waals surface area contributed by atoms with Crippen molar-refractivity contribution in [3.63, 3.8) is 0 Å². The monoisotopic (exact) mass is 341 g/mol. The van der Waals surface area contributed by atoms with Gasteiger partial charge in [0.05, 0.1) is 5.92 Å². The van der Waals surface area contributed by atoms with E-state index in [4.69, 9.17) is 4.74 Å². The normalized spacial score (nSPS) is 22.3. The molecule has 1 aromatic rings. The molecular weight excluding hydrogens is 320 g/mol. The van der Waals surface area contributed by atoms with Crippen molar-refractivity contribution in [1.82, 2.24) is 5.32 Å². The van der Waals surface area contributed by atoms with E-state index in [0.29, 0.717) is 12.8 Å². The largest absolute Gasteiger partial charge is 0.481 e. The van der Waals surface area contributed by atoms with E-state index in [-0.39, 0.29) is 5.75 Å². The number of halogens is 2. The van der Waals surface area contributed by atoms with E-state index in [9.17, 15) is 23.5 Å². The standard InChI is InChI=1S/C17H21F2NO4/c1-10(24-11-7-8-13(18)14(19)9-11)16(21)20-15-6-4-2-3-5-12(15)17(22)23/h7-10,12,15H,2-6H2,1H3,(H,20,21)(H,22,23)/t10?,12-,15+/m1/s1. The van der Waals surface area contributed by atoms with Crippen molar-refractivity contribution >= 4 is 11.9 Å². The van der Waals surface area contributed by atoms with Crippen LogP contribution in [0.3, 0.4) is 0 Å². The molecule has 0 aliphatic heterocycles. The molecule has 1 aliphatic carbocycles. The molecule has 1 unspecified atom stereocenters. The van der Waals surface area contributed by atoms with E-state index in [2.05, 4.69) is 5.32 Å². The molecule has 0 spiro atoms. The molecule has 3 atom stereocenters. The Kier molecular flexibility index (Phi) is 6.11. The highest BCUT2D eigenvalue weighted by molar-refractivity contribution is 5.82. The number of rotatable bonds is 5. The number of carboxylic acids is 1. The molecule has 0 saturated heterocycles. The molecule has 1 saturated carbocycles. The van der Waals surface area contributed by atoms with Gasteiger partial charge in [0.1, 0.15) is 5.75 Å². The second kappa shape index (κ2) is 8.08. The first kappa shape index (κ1) is 18.2. The van der Waals surface area contributed by atoms with Gasteiger partial charge in [-0.2, -0.15) is 0 Å². The van der Waals surface area contributed by atoms with Gasteiger partial charge in [-0.15, -0.1) is 0 Å². The second-order valence-corrected chi connectivity index (χ2v) is 6.03. The highest BCUT2D eigenvalue weighted by Crippen LogP contribution is 2.24. The lowest BCUT2D eigenvalue weighted by Gasteiger charge is -2.24. The van der Waals surface area contributed by atoms with E-state index in [0.717, 1.165) is 31.4 Å². The van der Waals surface area contributed by atoms with Crippen molar-refractivity contribution in [2.75, 3.05) is 0 Å². The molecule has 2 N–H and O–H groups in total. The van der Waals surface area contributed by atoms with Crippen LogP contribution in [0.25, 0.3) is 0 Å². The van der Waals surface area contributed by atoms with E-state index in [1.54, 1.807) is 0 Å². The Hall–Kier alpha value is -2.18. The quantitative estimate of drug-likeness (QED) is 0.808. The number of hydrogen-bond donors (Lipinski definition) is 2. The molecule has 1 aliphatic rings. The maximum absolute atomic E-state index is 13.2. The minimum atomic E-state index is -1.06. The SMILES string of the molecule is CC(Oc1ccc(F)c(F)c1)C(=O)N[C@H]1CCCCC[C@H]1C(=O)O. The fourth-order valence-electron chi connectivity index (χ4n) is 2.88. The van der Waals surface area contributed by atoms with Crippen LogP contribution in [-0.4, -0.2) is 29.1 Å². The van der Waals surface area contributed by atoms with Crippen LogP contribution in [0.2, 0.25) is 0 Å². The predicted molar refractivity (Wildman–Crippen MR) is 82.6 cm³/mol. The number of aliphatic carboxylic acids is 1. The molecule has 2 rings (SSSR count). The summed E-state index contributed by atoms with van der Waals surface area (Å²) in [5.41, 5.74) is 0. The molecule has 1 fully saturated rings.